The Morgan fingerprint density at radius 3 is 2.50 bits per heavy atom. The molecule has 0 aliphatic carbocycles. The predicted octanol–water partition coefficient (Wildman–Crippen LogP) is 3.23. The summed E-state index contributed by atoms with van der Waals surface area (Å²) in [4.78, 5) is 18.3. The molecule has 5 nitrogen and oxygen atoms in total. The van der Waals surface area contributed by atoms with Crippen molar-refractivity contribution in [3.8, 4) is 0 Å². The van der Waals surface area contributed by atoms with E-state index in [0.717, 1.165) is 43.6 Å². The van der Waals surface area contributed by atoms with Crippen molar-refractivity contribution in [3.63, 3.8) is 0 Å². The van der Waals surface area contributed by atoms with Crippen LogP contribution in [0.5, 0.6) is 0 Å². The summed E-state index contributed by atoms with van der Waals surface area (Å²) in [6.07, 6.45) is 3.88. The van der Waals surface area contributed by atoms with Gasteiger partial charge in [0.15, 0.2) is 5.96 Å². The number of nitrogens with one attached hydrogen (secondary N) is 2. The van der Waals surface area contributed by atoms with Gasteiger partial charge in [0.2, 0.25) is 5.91 Å². The van der Waals surface area contributed by atoms with Crippen molar-refractivity contribution in [2.75, 3.05) is 25.5 Å². The molecule has 2 N–H and O–H groups in total. The maximum absolute atomic E-state index is 11.6. The zero-order chi connectivity index (χ0) is 17.4. The Hall–Kier alpha value is -2.04. The number of anilines is 1. The Bertz CT molecular complexity index is 545. The SMILES string of the molecule is CCCC(=O)Nc1ccc(CNC(=NC)N2CCC(C)CC2)cc1. The van der Waals surface area contributed by atoms with Crippen LogP contribution in [-0.2, 0) is 11.3 Å². The van der Waals surface area contributed by atoms with E-state index in [1.54, 1.807) is 0 Å². The summed E-state index contributed by atoms with van der Waals surface area (Å²) in [6.45, 7) is 7.20. The van der Waals surface area contributed by atoms with Crippen molar-refractivity contribution in [2.24, 2.45) is 10.9 Å². The summed E-state index contributed by atoms with van der Waals surface area (Å²) in [5.74, 6) is 1.86. The van der Waals surface area contributed by atoms with E-state index in [-0.39, 0.29) is 5.91 Å². The molecule has 1 aliphatic heterocycles. The van der Waals surface area contributed by atoms with Crippen molar-refractivity contribution in [2.45, 2.75) is 46.1 Å². The van der Waals surface area contributed by atoms with Crippen molar-refractivity contribution >= 4 is 17.6 Å². The Labute approximate surface area is 145 Å². The first-order chi connectivity index (χ1) is 11.6. The molecule has 1 fully saturated rings. The van der Waals surface area contributed by atoms with Crippen LogP contribution < -0.4 is 10.6 Å². The third-order valence-corrected chi connectivity index (χ3v) is 4.46. The molecule has 0 saturated carbocycles. The van der Waals surface area contributed by atoms with Gasteiger partial charge in [-0.2, -0.15) is 0 Å². The summed E-state index contributed by atoms with van der Waals surface area (Å²) in [6, 6.07) is 7.99. The van der Waals surface area contributed by atoms with Gasteiger partial charge in [0.25, 0.3) is 0 Å². The van der Waals surface area contributed by atoms with Crippen molar-refractivity contribution in [1.29, 1.82) is 0 Å². The van der Waals surface area contributed by atoms with Gasteiger partial charge >= 0.3 is 0 Å². The number of nitrogens with zero attached hydrogens (tertiary/aromatic N) is 2. The van der Waals surface area contributed by atoms with Crippen LogP contribution in [0.25, 0.3) is 0 Å². The molecule has 0 spiro atoms. The van der Waals surface area contributed by atoms with Crippen molar-refractivity contribution < 1.29 is 4.79 Å². The van der Waals surface area contributed by atoms with E-state index in [1.165, 1.54) is 18.4 Å². The normalized spacial score (nSPS) is 16.1. The van der Waals surface area contributed by atoms with Crippen LogP contribution in [0.3, 0.4) is 0 Å². The van der Waals surface area contributed by atoms with Gasteiger partial charge in [-0.25, -0.2) is 0 Å². The molecule has 1 saturated heterocycles. The van der Waals surface area contributed by atoms with Crippen LogP contribution in [-0.4, -0.2) is 36.9 Å². The molecule has 0 atom stereocenters. The lowest BCUT2D eigenvalue weighted by atomic mass is 9.99. The molecule has 2 rings (SSSR count). The van der Waals surface area contributed by atoms with Crippen LogP contribution in [0.2, 0.25) is 0 Å². The fourth-order valence-electron chi connectivity index (χ4n) is 2.89. The van der Waals surface area contributed by atoms with E-state index < -0.39 is 0 Å². The van der Waals surface area contributed by atoms with Crippen LogP contribution in [0, 0.1) is 5.92 Å². The second-order valence-corrected chi connectivity index (χ2v) is 6.57. The van der Waals surface area contributed by atoms with Gasteiger partial charge in [0.05, 0.1) is 0 Å². The molecule has 1 aromatic carbocycles. The second-order valence-electron chi connectivity index (χ2n) is 6.57. The average molecular weight is 330 g/mol. The standard InChI is InChI=1S/C19H30N4O/c1-4-5-18(24)22-17-8-6-16(7-9-17)14-21-19(20-3)23-12-10-15(2)11-13-23/h6-9,15H,4-5,10-14H2,1-3H3,(H,20,21)(H,22,24). The molecule has 24 heavy (non-hydrogen) atoms. The maximum Gasteiger partial charge on any atom is 0.224 e. The zero-order valence-corrected chi connectivity index (χ0v) is 15.1. The van der Waals surface area contributed by atoms with E-state index in [2.05, 4.69) is 27.4 Å². The van der Waals surface area contributed by atoms with Crippen molar-refractivity contribution in [3.05, 3.63) is 29.8 Å². The number of guanidine groups is 1. The number of hydrogen-bond donors (Lipinski definition) is 2. The van der Waals surface area contributed by atoms with E-state index in [4.69, 9.17) is 0 Å². The minimum absolute atomic E-state index is 0.0723. The number of carbonyl (C=O) groups excluding carboxylic acids is 1. The van der Waals surface area contributed by atoms with Crippen LogP contribution in [0.15, 0.2) is 29.3 Å². The molecule has 5 heteroatoms. The number of carbonyl (C=O) groups is 1. The number of rotatable bonds is 5. The Morgan fingerprint density at radius 1 is 1.25 bits per heavy atom. The number of benzene rings is 1. The molecule has 0 radical (unpaired) electrons. The summed E-state index contributed by atoms with van der Waals surface area (Å²) in [5.41, 5.74) is 2.03. The summed E-state index contributed by atoms with van der Waals surface area (Å²) >= 11 is 0. The summed E-state index contributed by atoms with van der Waals surface area (Å²) in [7, 11) is 1.84. The minimum atomic E-state index is 0.0723. The van der Waals surface area contributed by atoms with Gasteiger partial charge in [-0.3, -0.25) is 9.79 Å². The number of aliphatic imine (C=N–C) groups is 1. The Morgan fingerprint density at radius 2 is 1.92 bits per heavy atom. The van der Waals surface area contributed by atoms with Gasteiger partial charge in [0.1, 0.15) is 0 Å². The average Bonchev–Trinajstić information content (AvgIpc) is 2.58. The van der Waals surface area contributed by atoms with Gasteiger partial charge in [0, 0.05) is 38.8 Å². The quantitative estimate of drug-likeness (QED) is 0.644. The van der Waals surface area contributed by atoms with Gasteiger partial charge in [-0.15, -0.1) is 0 Å². The lowest BCUT2D eigenvalue weighted by Gasteiger charge is -2.32. The topological polar surface area (TPSA) is 56.7 Å². The molecule has 1 aliphatic rings. The smallest absolute Gasteiger partial charge is 0.224 e. The lowest BCUT2D eigenvalue weighted by molar-refractivity contribution is -0.116. The monoisotopic (exact) mass is 330 g/mol. The van der Waals surface area contributed by atoms with Gasteiger partial charge in [-0.1, -0.05) is 26.0 Å². The zero-order valence-electron chi connectivity index (χ0n) is 15.1. The van der Waals surface area contributed by atoms with E-state index in [9.17, 15) is 4.79 Å². The maximum atomic E-state index is 11.6. The van der Waals surface area contributed by atoms with Crippen LogP contribution >= 0.6 is 0 Å². The first kappa shape index (κ1) is 18.3. The predicted molar refractivity (Wildman–Crippen MR) is 100 cm³/mol. The molecule has 1 heterocycles. The summed E-state index contributed by atoms with van der Waals surface area (Å²) < 4.78 is 0. The number of amides is 1. The highest BCUT2D eigenvalue weighted by molar-refractivity contribution is 5.90. The molecule has 132 valence electrons. The molecule has 0 unspecified atom stereocenters. The molecule has 0 bridgehead atoms. The van der Waals surface area contributed by atoms with Crippen LogP contribution in [0.4, 0.5) is 5.69 Å². The fourth-order valence-corrected chi connectivity index (χ4v) is 2.89. The van der Waals surface area contributed by atoms with Crippen molar-refractivity contribution in [1.82, 2.24) is 10.2 Å². The highest BCUT2D eigenvalue weighted by Gasteiger charge is 2.18. The molecule has 0 aromatic heterocycles. The fraction of sp³-hybridized carbons (Fsp3) is 0.579. The largest absolute Gasteiger partial charge is 0.352 e. The Balaban J connectivity index is 1.83. The number of likely N-dealkylation sites (tertiary alicyclic amines) is 1. The molecular weight excluding hydrogens is 300 g/mol. The van der Waals surface area contributed by atoms with E-state index >= 15 is 0 Å². The molecular formula is C19H30N4O. The molecule has 1 aromatic rings. The number of hydrogen-bond acceptors (Lipinski definition) is 2. The third kappa shape index (κ3) is 5.55. The van der Waals surface area contributed by atoms with Gasteiger partial charge < -0.3 is 15.5 Å². The Kier molecular flexibility index (Phi) is 7.09. The highest BCUT2D eigenvalue weighted by atomic mass is 16.1. The molecule has 1 amide bonds. The lowest BCUT2D eigenvalue weighted by Crippen LogP contribution is -2.45. The first-order valence-electron chi connectivity index (χ1n) is 8.96. The van der Waals surface area contributed by atoms with E-state index in [0.29, 0.717) is 6.42 Å². The second kappa shape index (κ2) is 9.30. The first-order valence-corrected chi connectivity index (χ1v) is 8.96. The van der Waals surface area contributed by atoms with Gasteiger partial charge in [-0.05, 0) is 42.9 Å². The minimum Gasteiger partial charge on any atom is -0.352 e. The van der Waals surface area contributed by atoms with E-state index in [1.807, 2.05) is 38.2 Å². The highest BCUT2D eigenvalue weighted by Crippen LogP contribution is 2.16. The van der Waals surface area contributed by atoms with Crippen LogP contribution in [0.1, 0.15) is 45.1 Å². The third-order valence-electron chi connectivity index (χ3n) is 4.46. The summed E-state index contributed by atoms with van der Waals surface area (Å²) in [5, 5.41) is 6.35. The number of piperidine rings is 1.